The normalized spacial score (nSPS) is 11.8. The van der Waals surface area contributed by atoms with Crippen LogP contribution in [0, 0.1) is 0 Å². The quantitative estimate of drug-likeness (QED) is 0.0376. The smallest absolute Gasteiger partial charge is 0.330 e. The van der Waals surface area contributed by atoms with E-state index < -0.39 is 7.60 Å². The van der Waals surface area contributed by atoms with Gasteiger partial charge in [-0.15, -0.1) is 0 Å². The van der Waals surface area contributed by atoms with Crippen molar-refractivity contribution in [3.63, 3.8) is 0 Å². The van der Waals surface area contributed by atoms with Crippen molar-refractivity contribution >= 4 is 19.5 Å². The van der Waals surface area contributed by atoms with Crippen LogP contribution < -0.4 is 0 Å². The summed E-state index contributed by atoms with van der Waals surface area (Å²) in [6, 6.07) is 0. The van der Waals surface area contributed by atoms with Crippen LogP contribution in [0.25, 0.3) is 0 Å². The summed E-state index contributed by atoms with van der Waals surface area (Å²) in [5.74, 6) is -0.253. The first-order valence-electron chi connectivity index (χ1n) is 18.7. The van der Waals surface area contributed by atoms with Gasteiger partial charge >= 0.3 is 19.5 Å². The molecule has 0 atom stereocenters. The third-order valence-corrected chi connectivity index (χ3v) is 9.95. The van der Waals surface area contributed by atoms with Crippen molar-refractivity contribution in [3.05, 3.63) is 0 Å². The molecular formula is C36H72NO7P. The topological polar surface area (TPSA) is 91.4 Å². The molecule has 0 bridgehead atoms. The van der Waals surface area contributed by atoms with Gasteiger partial charge in [0, 0.05) is 12.8 Å². The number of esters is 2. The molecule has 0 aliphatic rings. The van der Waals surface area contributed by atoms with Gasteiger partial charge in [-0.2, -0.15) is 0 Å². The molecule has 0 spiro atoms. The predicted molar refractivity (Wildman–Crippen MR) is 187 cm³/mol. The number of rotatable bonds is 35. The summed E-state index contributed by atoms with van der Waals surface area (Å²) in [7, 11) is 0.884. The van der Waals surface area contributed by atoms with Gasteiger partial charge in [-0.25, -0.2) is 0 Å². The molecule has 0 fully saturated rings. The summed E-state index contributed by atoms with van der Waals surface area (Å²) in [6.07, 6.45) is 24.4. The summed E-state index contributed by atoms with van der Waals surface area (Å²) in [6.45, 7) is 7.15. The van der Waals surface area contributed by atoms with Crippen LogP contribution in [0.4, 0.5) is 0 Å². The maximum atomic E-state index is 13.4. The molecule has 9 heteroatoms. The first-order chi connectivity index (χ1) is 21.8. The fourth-order valence-electron chi connectivity index (χ4n) is 5.04. The third kappa shape index (κ3) is 32.8. The van der Waals surface area contributed by atoms with Gasteiger partial charge in [0.2, 0.25) is 0 Å². The van der Waals surface area contributed by atoms with Crippen molar-refractivity contribution in [2.75, 3.05) is 53.2 Å². The molecule has 268 valence electrons. The van der Waals surface area contributed by atoms with Crippen LogP contribution in [0.15, 0.2) is 0 Å². The minimum absolute atomic E-state index is 0.127. The molecule has 0 unspecified atom stereocenters. The highest BCUT2D eigenvalue weighted by Crippen LogP contribution is 2.49. The summed E-state index contributed by atoms with van der Waals surface area (Å²) in [5, 5.41) is 0. The van der Waals surface area contributed by atoms with Gasteiger partial charge in [0.05, 0.1) is 32.6 Å². The van der Waals surface area contributed by atoms with Crippen LogP contribution in [-0.2, 0) is 32.7 Å². The summed E-state index contributed by atoms with van der Waals surface area (Å²) in [4.78, 5) is 26.1. The lowest BCUT2D eigenvalue weighted by Gasteiger charge is -2.19. The minimum Gasteiger partial charge on any atom is -0.466 e. The van der Waals surface area contributed by atoms with E-state index in [1.54, 1.807) is 0 Å². The number of hydrogen-bond donors (Lipinski definition) is 0. The summed E-state index contributed by atoms with van der Waals surface area (Å²) >= 11 is 0. The standard InChI is InChI=1S/C36H72NO7P/c1-5-7-9-11-13-15-22-30-41-35(38)27-19-17-24-32-43-45(40,34-26-21-29-37(3)4)44-33-25-18-20-28-36(39)42-31-23-16-14-12-10-8-6-2/h5-34H2,1-4H3. The molecule has 0 radical (unpaired) electrons. The number of ether oxygens (including phenoxy) is 2. The van der Waals surface area contributed by atoms with Gasteiger partial charge in [-0.3, -0.25) is 14.2 Å². The number of nitrogens with zero attached hydrogens (tertiary/aromatic N) is 1. The molecule has 0 aromatic rings. The van der Waals surface area contributed by atoms with E-state index in [0.29, 0.717) is 45.4 Å². The van der Waals surface area contributed by atoms with E-state index in [0.717, 1.165) is 83.6 Å². The Balaban J connectivity index is 4.06. The van der Waals surface area contributed by atoms with Crippen LogP contribution in [0.3, 0.4) is 0 Å². The van der Waals surface area contributed by atoms with E-state index >= 15 is 0 Å². The average Bonchev–Trinajstić information content (AvgIpc) is 3.01. The van der Waals surface area contributed by atoms with Gasteiger partial charge in [0.25, 0.3) is 0 Å². The zero-order valence-electron chi connectivity index (χ0n) is 30.0. The molecule has 0 aliphatic heterocycles. The molecule has 0 N–H and O–H groups in total. The summed E-state index contributed by atoms with van der Waals surface area (Å²) < 4.78 is 35.8. The van der Waals surface area contributed by atoms with Gasteiger partial charge in [-0.05, 0) is 72.0 Å². The lowest BCUT2D eigenvalue weighted by molar-refractivity contribution is -0.144. The lowest BCUT2D eigenvalue weighted by Crippen LogP contribution is -2.13. The fourth-order valence-corrected chi connectivity index (χ4v) is 6.80. The summed E-state index contributed by atoms with van der Waals surface area (Å²) in [5.41, 5.74) is 0. The van der Waals surface area contributed by atoms with Gasteiger partial charge in [-0.1, -0.05) is 104 Å². The Kier molecular flexibility index (Phi) is 32.3. The highest BCUT2D eigenvalue weighted by molar-refractivity contribution is 7.53. The molecule has 0 aliphatic carbocycles. The SMILES string of the molecule is CCCCCCCCCOC(=O)CCCCCOP(=O)(CCCCN(C)C)OCCCCCC(=O)OCCCCCCCCC. The van der Waals surface area contributed by atoms with Gasteiger partial charge in [0.1, 0.15) is 0 Å². The second-order valence-corrected chi connectivity index (χ2v) is 15.0. The molecule has 8 nitrogen and oxygen atoms in total. The maximum Gasteiger partial charge on any atom is 0.330 e. The Morgan fingerprint density at radius 3 is 1.29 bits per heavy atom. The van der Waals surface area contributed by atoms with Gasteiger partial charge in [0.15, 0.2) is 0 Å². The van der Waals surface area contributed by atoms with E-state index in [9.17, 15) is 14.2 Å². The molecule has 45 heavy (non-hydrogen) atoms. The Labute approximate surface area is 278 Å². The van der Waals surface area contributed by atoms with Crippen LogP contribution in [-0.4, -0.2) is 70.1 Å². The van der Waals surface area contributed by atoms with Crippen molar-refractivity contribution in [1.29, 1.82) is 0 Å². The monoisotopic (exact) mass is 662 g/mol. The zero-order chi connectivity index (χ0) is 33.3. The molecular weight excluding hydrogens is 589 g/mol. The minimum atomic E-state index is -3.18. The first kappa shape index (κ1) is 44.0. The Morgan fingerprint density at radius 2 is 0.867 bits per heavy atom. The van der Waals surface area contributed by atoms with E-state index in [1.165, 1.54) is 64.2 Å². The fraction of sp³-hybridized carbons (Fsp3) is 0.944. The van der Waals surface area contributed by atoms with Crippen molar-refractivity contribution in [2.24, 2.45) is 0 Å². The van der Waals surface area contributed by atoms with E-state index in [-0.39, 0.29) is 11.9 Å². The third-order valence-electron chi connectivity index (χ3n) is 7.94. The lowest BCUT2D eigenvalue weighted by atomic mass is 10.1. The molecule has 0 saturated heterocycles. The molecule has 0 aromatic heterocycles. The molecule has 0 saturated carbocycles. The van der Waals surface area contributed by atoms with Gasteiger partial charge < -0.3 is 23.4 Å². The maximum absolute atomic E-state index is 13.4. The molecule has 0 amide bonds. The van der Waals surface area contributed by atoms with Crippen LogP contribution in [0.1, 0.15) is 168 Å². The number of hydrogen-bond acceptors (Lipinski definition) is 8. The number of carbonyl (C=O) groups is 2. The van der Waals surface area contributed by atoms with Crippen molar-refractivity contribution in [2.45, 2.75) is 168 Å². The molecule has 0 aromatic carbocycles. The van der Waals surface area contributed by atoms with Crippen molar-refractivity contribution in [1.82, 2.24) is 4.90 Å². The highest BCUT2D eigenvalue weighted by Gasteiger charge is 2.24. The van der Waals surface area contributed by atoms with Crippen molar-refractivity contribution < 1.29 is 32.7 Å². The van der Waals surface area contributed by atoms with E-state index in [1.807, 2.05) is 14.1 Å². The number of carbonyl (C=O) groups excluding carboxylic acids is 2. The van der Waals surface area contributed by atoms with Crippen LogP contribution >= 0.6 is 7.60 Å². The first-order valence-corrected chi connectivity index (χ1v) is 20.4. The van der Waals surface area contributed by atoms with Crippen LogP contribution in [0.5, 0.6) is 0 Å². The second-order valence-electron chi connectivity index (χ2n) is 12.8. The largest absolute Gasteiger partial charge is 0.466 e. The molecule has 0 heterocycles. The average molecular weight is 662 g/mol. The second kappa shape index (κ2) is 33.0. The zero-order valence-corrected chi connectivity index (χ0v) is 30.9. The van der Waals surface area contributed by atoms with Crippen molar-refractivity contribution in [3.8, 4) is 0 Å². The molecule has 0 rings (SSSR count). The predicted octanol–water partition coefficient (Wildman–Crippen LogP) is 10.3. The highest BCUT2D eigenvalue weighted by atomic mass is 31.2. The Hall–Kier alpha value is -0.950. The van der Waals surface area contributed by atoms with Crippen LogP contribution in [0.2, 0.25) is 0 Å². The Bertz CT molecular complexity index is 672. The van der Waals surface area contributed by atoms with E-state index in [4.69, 9.17) is 18.5 Å². The van der Waals surface area contributed by atoms with E-state index in [2.05, 4.69) is 18.7 Å². The Morgan fingerprint density at radius 1 is 0.489 bits per heavy atom. The number of unbranched alkanes of at least 4 members (excludes halogenated alkanes) is 17.